The molecule has 0 spiro atoms. The van der Waals surface area contributed by atoms with E-state index in [4.69, 9.17) is 0 Å². The van der Waals surface area contributed by atoms with Gasteiger partial charge in [0.2, 0.25) is 11.8 Å². The molecular formula is C13H15F3N6O2. The minimum Gasteiger partial charge on any atom is -0.390 e. The summed E-state index contributed by atoms with van der Waals surface area (Å²) in [6, 6.07) is 1.45. The van der Waals surface area contributed by atoms with E-state index in [1.807, 2.05) is 0 Å². The predicted molar refractivity (Wildman–Crippen MR) is 74.6 cm³/mol. The van der Waals surface area contributed by atoms with E-state index in [0.717, 1.165) is 0 Å². The third-order valence-electron chi connectivity index (χ3n) is 3.63. The Morgan fingerprint density at radius 2 is 2.08 bits per heavy atom. The maximum absolute atomic E-state index is 12.4. The van der Waals surface area contributed by atoms with Crippen molar-refractivity contribution in [2.75, 3.05) is 18.4 Å². The van der Waals surface area contributed by atoms with Gasteiger partial charge in [-0.1, -0.05) is 5.16 Å². The molecule has 3 rings (SSSR count). The van der Waals surface area contributed by atoms with E-state index >= 15 is 0 Å². The molecule has 3 heterocycles. The Morgan fingerprint density at radius 3 is 2.71 bits per heavy atom. The maximum atomic E-state index is 12.4. The van der Waals surface area contributed by atoms with Crippen molar-refractivity contribution in [3.05, 3.63) is 30.2 Å². The van der Waals surface area contributed by atoms with Crippen LogP contribution in [-0.4, -0.2) is 55.4 Å². The number of anilines is 1. The van der Waals surface area contributed by atoms with E-state index in [-0.39, 0.29) is 25.0 Å². The lowest BCUT2D eigenvalue weighted by Crippen LogP contribution is -2.49. The number of nitrogens with zero attached hydrogens (tertiary/aromatic N) is 5. The van der Waals surface area contributed by atoms with E-state index in [0.29, 0.717) is 18.9 Å². The number of likely N-dealkylation sites (tertiary alicyclic amines) is 1. The maximum Gasteiger partial charge on any atom is 0.455 e. The van der Waals surface area contributed by atoms with Crippen molar-refractivity contribution in [2.45, 2.75) is 31.3 Å². The topological polar surface area (TPSA) is 100 Å². The standard InChI is InChI=1S/C13H15F3N6O2/c14-13(15,16)11-20-10(24-21-11)7-22-5-2-8(9(23)6-22)19-12-17-3-1-4-18-12/h1,3-4,8-9,23H,2,5-7H2,(H,17,18,19)/t8-,9-/m1/s1. The van der Waals surface area contributed by atoms with Crippen LogP contribution in [0.5, 0.6) is 0 Å². The fourth-order valence-corrected chi connectivity index (χ4v) is 2.47. The zero-order valence-electron chi connectivity index (χ0n) is 12.4. The SMILES string of the molecule is O[C@@H]1CN(Cc2nc(C(F)(F)F)no2)CC[C@H]1Nc1ncccn1. The lowest BCUT2D eigenvalue weighted by molar-refractivity contribution is -0.146. The average molecular weight is 344 g/mol. The molecule has 1 fully saturated rings. The summed E-state index contributed by atoms with van der Waals surface area (Å²) in [4.78, 5) is 13.1. The summed E-state index contributed by atoms with van der Waals surface area (Å²) in [5, 5.41) is 16.2. The summed E-state index contributed by atoms with van der Waals surface area (Å²) in [6.07, 6.45) is -1.62. The number of rotatable bonds is 4. The molecule has 8 nitrogen and oxygen atoms in total. The highest BCUT2D eigenvalue weighted by molar-refractivity contribution is 5.25. The number of alkyl halides is 3. The van der Waals surface area contributed by atoms with Gasteiger partial charge in [-0.15, -0.1) is 0 Å². The van der Waals surface area contributed by atoms with E-state index in [1.165, 1.54) is 0 Å². The molecule has 1 saturated heterocycles. The second-order valence-corrected chi connectivity index (χ2v) is 5.42. The molecule has 0 aliphatic carbocycles. The van der Waals surface area contributed by atoms with Crippen molar-refractivity contribution in [3.63, 3.8) is 0 Å². The number of halogens is 3. The van der Waals surface area contributed by atoms with Gasteiger partial charge in [-0.05, 0) is 12.5 Å². The highest BCUT2D eigenvalue weighted by Gasteiger charge is 2.37. The predicted octanol–water partition coefficient (Wildman–Crippen LogP) is 0.926. The van der Waals surface area contributed by atoms with Crippen LogP contribution < -0.4 is 5.32 Å². The van der Waals surface area contributed by atoms with Crippen molar-refractivity contribution in [2.24, 2.45) is 0 Å². The lowest BCUT2D eigenvalue weighted by atomic mass is 10.0. The first-order valence-electron chi connectivity index (χ1n) is 7.25. The van der Waals surface area contributed by atoms with Gasteiger partial charge in [0.05, 0.1) is 18.7 Å². The molecule has 2 aromatic rings. The van der Waals surface area contributed by atoms with Crippen molar-refractivity contribution in [3.8, 4) is 0 Å². The second kappa shape index (κ2) is 6.69. The van der Waals surface area contributed by atoms with Gasteiger partial charge in [-0.2, -0.15) is 18.2 Å². The Balaban J connectivity index is 1.55. The highest BCUT2D eigenvalue weighted by atomic mass is 19.4. The molecule has 2 atom stereocenters. The number of aliphatic hydroxyl groups excluding tert-OH is 1. The molecule has 11 heteroatoms. The molecule has 0 unspecified atom stereocenters. The Hall–Kier alpha value is -2.27. The normalized spacial score (nSPS) is 22.5. The van der Waals surface area contributed by atoms with E-state index in [2.05, 4.69) is 29.9 Å². The number of hydrogen-bond donors (Lipinski definition) is 2. The van der Waals surface area contributed by atoms with Crippen LogP contribution in [-0.2, 0) is 12.7 Å². The zero-order valence-corrected chi connectivity index (χ0v) is 12.4. The van der Waals surface area contributed by atoms with Crippen LogP contribution in [0.25, 0.3) is 0 Å². The fourth-order valence-electron chi connectivity index (χ4n) is 2.47. The largest absolute Gasteiger partial charge is 0.455 e. The van der Waals surface area contributed by atoms with Gasteiger partial charge in [-0.25, -0.2) is 9.97 Å². The van der Waals surface area contributed by atoms with Gasteiger partial charge in [0, 0.05) is 25.5 Å². The highest BCUT2D eigenvalue weighted by Crippen LogP contribution is 2.26. The van der Waals surface area contributed by atoms with Crippen LogP contribution in [0.2, 0.25) is 0 Å². The number of nitrogens with one attached hydrogen (secondary N) is 1. The molecule has 0 aromatic carbocycles. The molecule has 2 aromatic heterocycles. The molecule has 1 aliphatic heterocycles. The van der Waals surface area contributed by atoms with Crippen LogP contribution in [0, 0.1) is 0 Å². The monoisotopic (exact) mass is 344 g/mol. The molecule has 0 saturated carbocycles. The van der Waals surface area contributed by atoms with Gasteiger partial charge in [0.15, 0.2) is 0 Å². The van der Waals surface area contributed by atoms with E-state index in [9.17, 15) is 18.3 Å². The van der Waals surface area contributed by atoms with E-state index in [1.54, 1.807) is 23.4 Å². The quantitative estimate of drug-likeness (QED) is 0.845. The summed E-state index contributed by atoms with van der Waals surface area (Å²) in [5.74, 6) is -1.01. The molecule has 0 radical (unpaired) electrons. The second-order valence-electron chi connectivity index (χ2n) is 5.42. The van der Waals surface area contributed by atoms with E-state index < -0.39 is 18.1 Å². The number of hydrogen-bond acceptors (Lipinski definition) is 8. The van der Waals surface area contributed by atoms with Gasteiger partial charge in [-0.3, -0.25) is 4.90 Å². The number of piperidine rings is 1. The average Bonchev–Trinajstić information content (AvgIpc) is 3.00. The number of aromatic nitrogens is 4. The summed E-state index contributed by atoms with van der Waals surface area (Å²) in [5.41, 5.74) is 0. The van der Waals surface area contributed by atoms with Gasteiger partial charge in [0.25, 0.3) is 5.82 Å². The van der Waals surface area contributed by atoms with Crippen LogP contribution in [0.3, 0.4) is 0 Å². The van der Waals surface area contributed by atoms with Crippen molar-refractivity contribution in [1.82, 2.24) is 25.0 Å². The van der Waals surface area contributed by atoms with Crippen LogP contribution in [0.15, 0.2) is 23.0 Å². The van der Waals surface area contributed by atoms with Gasteiger partial charge in [0.1, 0.15) is 0 Å². The Morgan fingerprint density at radius 1 is 1.33 bits per heavy atom. The Labute approximate surface area is 134 Å². The first-order chi connectivity index (χ1) is 11.4. The molecule has 1 aliphatic rings. The summed E-state index contributed by atoms with van der Waals surface area (Å²) < 4.78 is 41.9. The summed E-state index contributed by atoms with van der Waals surface area (Å²) >= 11 is 0. The van der Waals surface area contributed by atoms with Crippen LogP contribution >= 0.6 is 0 Å². The third kappa shape index (κ3) is 3.97. The summed E-state index contributed by atoms with van der Waals surface area (Å²) in [6.45, 7) is 0.855. The van der Waals surface area contributed by atoms with Crippen LogP contribution in [0.4, 0.5) is 19.1 Å². The van der Waals surface area contributed by atoms with Crippen molar-refractivity contribution < 1.29 is 22.8 Å². The smallest absolute Gasteiger partial charge is 0.390 e. The Bertz CT molecular complexity index is 665. The van der Waals surface area contributed by atoms with Gasteiger partial charge < -0.3 is 14.9 Å². The summed E-state index contributed by atoms with van der Waals surface area (Å²) in [7, 11) is 0. The molecule has 130 valence electrons. The zero-order chi connectivity index (χ0) is 17.2. The third-order valence-corrected chi connectivity index (χ3v) is 3.63. The van der Waals surface area contributed by atoms with Crippen molar-refractivity contribution >= 4 is 5.95 Å². The first kappa shape index (κ1) is 16.6. The number of aliphatic hydroxyl groups is 1. The molecular weight excluding hydrogens is 329 g/mol. The Kier molecular flexibility index (Phi) is 4.62. The molecule has 2 N–H and O–H groups in total. The molecule has 24 heavy (non-hydrogen) atoms. The van der Waals surface area contributed by atoms with Crippen molar-refractivity contribution in [1.29, 1.82) is 0 Å². The minimum absolute atomic E-state index is 0.0503. The lowest BCUT2D eigenvalue weighted by Gasteiger charge is -2.35. The molecule has 0 bridgehead atoms. The van der Waals surface area contributed by atoms with Gasteiger partial charge >= 0.3 is 6.18 Å². The molecule has 0 amide bonds. The van der Waals surface area contributed by atoms with Crippen LogP contribution in [0.1, 0.15) is 18.1 Å². The first-order valence-corrected chi connectivity index (χ1v) is 7.25. The fraction of sp³-hybridized carbons (Fsp3) is 0.538. The number of β-amino-alcohol motifs (C(OH)–C–C–N with tert-alkyl or cyclic N) is 1. The minimum atomic E-state index is -4.63.